The Morgan fingerprint density at radius 2 is 1.92 bits per heavy atom. The van der Waals surface area contributed by atoms with Gasteiger partial charge in [-0.15, -0.1) is 5.10 Å². The summed E-state index contributed by atoms with van der Waals surface area (Å²) in [4.78, 5) is 11.8. The number of aryl methyl sites for hydroxylation is 2. The number of carboxylic acid groups (broad SMARTS) is 1. The van der Waals surface area contributed by atoms with Gasteiger partial charge in [0.2, 0.25) is 10.0 Å². The van der Waals surface area contributed by atoms with Gasteiger partial charge >= 0.3 is 5.97 Å². The minimum Gasteiger partial charge on any atom is -0.488 e. The van der Waals surface area contributed by atoms with Crippen LogP contribution in [0.25, 0.3) is 11.0 Å². The van der Waals surface area contributed by atoms with Gasteiger partial charge in [0, 0.05) is 19.5 Å². The highest BCUT2D eigenvalue weighted by Gasteiger charge is 2.34. The van der Waals surface area contributed by atoms with Gasteiger partial charge in [0.25, 0.3) is 0 Å². The van der Waals surface area contributed by atoms with E-state index in [0.717, 1.165) is 27.8 Å². The quantitative estimate of drug-likeness (QED) is 0.387. The maximum absolute atomic E-state index is 13.7. The van der Waals surface area contributed by atoms with Crippen LogP contribution >= 0.6 is 0 Å². The lowest BCUT2D eigenvalue weighted by Crippen LogP contribution is -2.35. The van der Waals surface area contributed by atoms with Crippen LogP contribution in [0, 0.1) is 18.3 Å². The molecular formula is C28H27N5O5S. The number of nitrogens with zero attached hydrogens (tertiary/aromatic N) is 5. The highest BCUT2D eigenvalue weighted by atomic mass is 32.2. The normalized spacial score (nSPS) is 17.5. The SMILES string of the molecule is Cc1ccc(C(CC(=O)O)c2ccc3c(c2)nnn3C)cc1CN1CC(C)Oc2ccc(C#N)cc2S1(=O)=O. The molecule has 200 valence electrons. The van der Waals surface area contributed by atoms with Gasteiger partial charge in [-0.25, -0.2) is 13.1 Å². The Kier molecular flexibility index (Phi) is 6.84. The van der Waals surface area contributed by atoms with E-state index in [2.05, 4.69) is 10.3 Å². The molecule has 2 unspecified atom stereocenters. The fraction of sp³-hybridized carbons (Fsp3) is 0.286. The summed E-state index contributed by atoms with van der Waals surface area (Å²) in [6.07, 6.45) is -0.568. The number of hydrogen-bond acceptors (Lipinski definition) is 7. The predicted octanol–water partition coefficient (Wildman–Crippen LogP) is 3.73. The minimum absolute atomic E-state index is 0.0410. The van der Waals surface area contributed by atoms with E-state index in [4.69, 9.17) is 4.74 Å². The number of fused-ring (bicyclic) bond motifs is 2. The predicted molar refractivity (Wildman–Crippen MR) is 143 cm³/mol. The number of rotatable bonds is 6. The maximum atomic E-state index is 13.7. The van der Waals surface area contributed by atoms with Crippen molar-refractivity contribution >= 4 is 27.0 Å². The summed E-state index contributed by atoms with van der Waals surface area (Å²) >= 11 is 0. The van der Waals surface area contributed by atoms with Crippen molar-refractivity contribution in [1.29, 1.82) is 5.26 Å². The van der Waals surface area contributed by atoms with E-state index in [1.54, 1.807) is 18.7 Å². The van der Waals surface area contributed by atoms with E-state index in [9.17, 15) is 23.6 Å². The zero-order valence-electron chi connectivity index (χ0n) is 21.7. The number of aromatic nitrogens is 3. The Bertz CT molecular complexity index is 1740. The van der Waals surface area contributed by atoms with Crippen LogP contribution in [0.1, 0.15) is 47.1 Å². The highest BCUT2D eigenvalue weighted by Crippen LogP contribution is 2.35. The number of nitriles is 1. The van der Waals surface area contributed by atoms with Gasteiger partial charge in [0.15, 0.2) is 0 Å². The monoisotopic (exact) mass is 545 g/mol. The second-order valence-electron chi connectivity index (χ2n) is 9.80. The molecule has 0 bridgehead atoms. The van der Waals surface area contributed by atoms with Crippen molar-refractivity contribution in [2.45, 2.75) is 43.7 Å². The van der Waals surface area contributed by atoms with Crippen molar-refractivity contribution in [1.82, 2.24) is 19.3 Å². The van der Waals surface area contributed by atoms with Gasteiger partial charge < -0.3 is 9.84 Å². The third kappa shape index (κ3) is 5.08. The molecule has 11 heteroatoms. The second-order valence-corrected chi connectivity index (χ2v) is 11.7. The third-order valence-corrected chi connectivity index (χ3v) is 8.85. The number of hydrogen-bond donors (Lipinski definition) is 1. The summed E-state index contributed by atoms with van der Waals surface area (Å²) in [5.74, 6) is -1.21. The Hall–Kier alpha value is -4.27. The number of benzene rings is 3. The van der Waals surface area contributed by atoms with Crippen LogP contribution in [0.5, 0.6) is 5.75 Å². The third-order valence-electron chi connectivity index (χ3n) is 7.02. The Morgan fingerprint density at radius 1 is 1.18 bits per heavy atom. The molecule has 0 amide bonds. The van der Waals surface area contributed by atoms with E-state index >= 15 is 0 Å². The minimum atomic E-state index is -3.98. The maximum Gasteiger partial charge on any atom is 0.304 e. The van der Waals surface area contributed by atoms with Crippen molar-refractivity contribution in [3.8, 4) is 11.8 Å². The molecule has 2 heterocycles. The van der Waals surface area contributed by atoms with Crippen LogP contribution in [0.15, 0.2) is 59.5 Å². The largest absolute Gasteiger partial charge is 0.488 e. The van der Waals surface area contributed by atoms with Crippen LogP contribution in [-0.4, -0.2) is 51.4 Å². The van der Waals surface area contributed by atoms with Crippen LogP contribution in [0.4, 0.5) is 0 Å². The molecule has 2 atom stereocenters. The molecule has 1 aromatic heterocycles. The smallest absolute Gasteiger partial charge is 0.304 e. The van der Waals surface area contributed by atoms with Crippen molar-refractivity contribution in [3.05, 3.63) is 82.4 Å². The molecular weight excluding hydrogens is 518 g/mol. The Labute approximate surface area is 226 Å². The Balaban J connectivity index is 1.54. The molecule has 10 nitrogen and oxygen atoms in total. The first-order valence-electron chi connectivity index (χ1n) is 12.4. The molecule has 4 aromatic rings. The van der Waals surface area contributed by atoms with Gasteiger partial charge in [-0.3, -0.25) is 4.79 Å². The van der Waals surface area contributed by atoms with E-state index in [-0.39, 0.29) is 35.7 Å². The van der Waals surface area contributed by atoms with Crippen molar-refractivity contribution in [3.63, 3.8) is 0 Å². The second kappa shape index (κ2) is 10.1. The average Bonchev–Trinajstić information content (AvgIpc) is 3.23. The summed E-state index contributed by atoms with van der Waals surface area (Å²) in [7, 11) is -2.19. The molecule has 39 heavy (non-hydrogen) atoms. The molecule has 0 fully saturated rings. The Morgan fingerprint density at radius 3 is 2.67 bits per heavy atom. The molecule has 0 saturated carbocycles. The number of aliphatic carboxylic acids is 1. The molecule has 0 spiro atoms. The van der Waals surface area contributed by atoms with Crippen molar-refractivity contribution in [2.75, 3.05) is 6.54 Å². The van der Waals surface area contributed by atoms with Gasteiger partial charge in [0.1, 0.15) is 22.3 Å². The van der Waals surface area contributed by atoms with Gasteiger partial charge in [-0.2, -0.15) is 9.57 Å². The molecule has 0 saturated heterocycles. The zero-order valence-corrected chi connectivity index (χ0v) is 22.5. The fourth-order valence-corrected chi connectivity index (χ4v) is 6.59. The van der Waals surface area contributed by atoms with Crippen molar-refractivity contribution < 1.29 is 23.1 Å². The lowest BCUT2D eigenvalue weighted by Gasteiger charge is -2.24. The standard InChI is InChI=1S/C28H27N5O5S/c1-17-4-6-20(23(13-28(34)35)21-7-8-25-24(12-21)30-31-32(25)3)11-22(17)16-33-15-18(2)38-26-9-5-19(14-29)10-27(26)39(33,36)37/h4-12,18,23H,13,15-16H2,1-3H3,(H,34,35). The summed E-state index contributed by atoms with van der Waals surface area (Å²) < 4.78 is 36.3. The summed E-state index contributed by atoms with van der Waals surface area (Å²) in [5.41, 5.74) is 4.88. The van der Waals surface area contributed by atoms with E-state index in [1.807, 2.05) is 49.4 Å². The first-order valence-corrected chi connectivity index (χ1v) is 13.8. The first-order chi connectivity index (χ1) is 18.6. The summed E-state index contributed by atoms with van der Waals surface area (Å²) in [5, 5.41) is 27.2. The van der Waals surface area contributed by atoms with Crippen LogP contribution in [-0.2, 0) is 28.4 Å². The number of sulfonamides is 1. The molecule has 1 N–H and O–H groups in total. The van der Waals surface area contributed by atoms with Crippen LogP contribution in [0.3, 0.4) is 0 Å². The lowest BCUT2D eigenvalue weighted by molar-refractivity contribution is -0.137. The van der Waals surface area contributed by atoms with Crippen molar-refractivity contribution in [2.24, 2.45) is 7.05 Å². The number of carboxylic acids is 1. The number of ether oxygens (including phenoxy) is 1. The van der Waals surface area contributed by atoms with Gasteiger partial charge in [-0.1, -0.05) is 29.5 Å². The molecule has 1 aliphatic rings. The number of carbonyl (C=O) groups is 1. The van der Waals surface area contributed by atoms with Crippen LogP contribution < -0.4 is 4.74 Å². The van der Waals surface area contributed by atoms with E-state index in [1.165, 1.54) is 22.5 Å². The molecule has 0 aliphatic carbocycles. The highest BCUT2D eigenvalue weighted by molar-refractivity contribution is 7.89. The van der Waals surface area contributed by atoms with Gasteiger partial charge in [-0.05, 0) is 66.4 Å². The topological polar surface area (TPSA) is 138 Å². The fourth-order valence-electron chi connectivity index (χ4n) is 4.95. The molecule has 3 aromatic carbocycles. The van der Waals surface area contributed by atoms with E-state index in [0.29, 0.717) is 5.52 Å². The van der Waals surface area contributed by atoms with Crippen LogP contribution in [0.2, 0.25) is 0 Å². The summed E-state index contributed by atoms with van der Waals surface area (Å²) in [6, 6.07) is 17.6. The average molecular weight is 546 g/mol. The summed E-state index contributed by atoms with van der Waals surface area (Å²) in [6.45, 7) is 3.87. The van der Waals surface area contributed by atoms with E-state index < -0.39 is 28.0 Å². The molecule has 5 rings (SSSR count). The van der Waals surface area contributed by atoms with Gasteiger partial charge in [0.05, 0.1) is 30.1 Å². The molecule has 1 aliphatic heterocycles. The lowest BCUT2D eigenvalue weighted by atomic mass is 9.86. The zero-order chi connectivity index (χ0) is 27.9. The first kappa shape index (κ1) is 26.3. The molecule has 0 radical (unpaired) electrons.